The molecule has 1 amide bonds. The van der Waals surface area contributed by atoms with Crippen LogP contribution < -0.4 is 14.8 Å². The van der Waals surface area contributed by atoms with Crippen molar-refractivity contribution in [2.24, 2.45) is 5.41 Å². The SMILES string of the molecule is CCC(CC)(CNC(=O)C1=Cc2cc(OC)ccc2OC1)C(=O)O. The Labute approximate surface area is 141 Å². The molecule has 0 radical (unpaired) electrons. The first-order valence-corrected chi connectivity index (χ1v) is 7.98. The molecule has 2 rings (SSSR count). The summed E-state index contributed by atoms with van der Waals surface area (Å²) in [4.78, 5) is 23.9. The molecule has 0 aromatic heterocycles. The lowest BCUT2D eigenvalue weighted by molar-refractivity contribution is -0.149. The molecule has 2 N–H and O–H groups in total. The zero-order chi connectivity index (χ0) is 17.7. The average Bonchev–Trinajstić information content (AvgIpc) is 2.61. The zero-order valence-corrected chi connectivity index (χ0v) is 14.2. The van der Waals surface area contributed by atoms with Crippen LogP contribution in [0.3, 0.4) is 0 Å². The first kappa shape index (κ1) is 17.8. The average molecular weight is 333 g/mol. The lowest BCUT2D eigenvalue weighted by Crippen LogP contribution is -2.43. The molecule has 0 saturated carbocycles. The molecule has 24 heavy (non-hydrogen) atoms. The number of benzene rings is 1. The Morgan fingerprint density at radius 1 is 1.33 bits per heavy atom. The van der Waals surface area contributed by atoms with Crippen LogP contribution in [0.4, 0.5) is 0 Å². The van der Waals surface area contributed by atoms with Gasteiger partial charge >= 0.3 is 5.97 Å². The molecule has 0 bridgehead atoms. The summed E-state index contributed by atoms with van der Waals surface area (Å²) in [5, 5.41) is 12.2. The highest BCUT2D eigenvalue weighted by molar-refractivity contribution is 5.99. The van der Waals surface area contributed by atoms with Crippen LogP contribution in [0.15, 0.2) is 23.8 Å². The number of hydrogen-bond acceptors (Lipinski definition) is 4. The molecule has 0 fully saturated rings. The maximum absolute atomic E-state index is 12.4. The molecule has 0 unspecified atom stereocenters. The Morgan fingerprint density at radius 3 is 2.62 bits per heavy atom. The van der Waals surface area contributed by atoms with Gasteiger partial charge in [-0.05, 0) is 37.1 Å². The minimum absolute atomic E-state index is 0.0937. The van der Waals surface area contributed by atoms with Gasteiger partial charge in [0.05, 0.1) is 18.1 Å². The topological polar surface area (TPSA) is 84.9 Å². The summed E-state index contributed by atoms with van der Waals surface area (Å²) in [5.74, 6) is 0.166. The van der Waals surface area contributed by atoms with Crippen LogP contribution in [0.2, 0.25) is 0 Å². The summed E-state index contributed by atoms with van der Waals surface area (Å²) in [6.07, 6.45) is 2.65. The van der Waals surface area contributed by atoms with Crippen LogP contribution in [0.5, 0.6) is 11.5 Å². The monoisotopic (exact) mass is 333 g/mol. The number of hydrogen-bond donors (Lipinski definition) is 2. The Balaban J connectivity index is 2.13. The number of carbonyl (C=O) groups excluding carboxylic acids is 1. The summed E-state index contributed by atoms with van der Waals surface area (Å²) >= 11 is 0. The smallest absolute Gasteiger partial charge is 0.311 e. The molecule has 0 atom stereocenters. The van der Waals surface area contributed by atoms with Gasteiger partial charge in [0.25, 0.3) is 5.91 Å². The molecular formula is C18H23NO5. The number of methoxy groups -OCH3 is 1. The van der Waals surface area contributed by atoms with E-state index in [1.807, 2.05) is 13.8 Å². The quantitative estimate of drug-likeness (QED) is 0.801. The fourth-order valence-corrected chi connectivity index (χ4v) is 2.65. The van der Waals surface area contributed by atoms with Crippen LogP contribution in [-0.2, 0) is 9.59 Å². The van der Waals surface area contributed by atoms with Crippen molar-refractivity contribution in [1.82, 2.24) is 5.32 Å². The van der Waals surface area contributed by atoms with Crippen molar-refractivity contribution in [2.75, 3.05) is 20.3 Å². The number of ether oxygens (including phenoxy) is 2. The lowest BCUT2D eigenvalue weighted by atomic mass is 9.82. The standard InChI is InChI=1S/C18H23NO5/c1-4-18(5-2,17(21)22)11-19-16(20)13-8-12-9-14(23-3)6-7-15(12)24-10-13/h6-9H,4-5,10-11H2,1-3H3,(H,19,20)(H,21,22). The molecule has 6 heteroatoms. The molecule has 0 spiro atoms. The number of aliphatic carboxylic acids is 1. The predicted molar refractivity (Wildman–Crippen MR) is 90.1 cm³/mol. The Hall–Kier alpha value is -2.50. The third-order valence-electron chi connectivity index (χ3n) is 4.62. The van der Waals surface area contributed by atoms with Gasteiger partial charge < -0.3 is 19.9 Å². The highest BCUT2D eigenvalue weighted by Gasteiger charge is 2.35. The van der Waals surface area contributed by atoms with Crippen molar-refractivity contribution in [2.45, 2.75) is 26.7 Å². The third kappa shape index (κ3) is 3.53. The molecule has 1 aliphatic rings. The number of carboxylic acids is 1. The molecule has 1 aromatic rings. The van der Waals surface area contributed by atoms with Crippen molar-refractivity contribution >= 4 is 18.0 Å². The Bertz CT molecular complexity index is 661. The van der Waals surface area contributed by atoms with E-state index in [0.717, 1.165) is 5.56 Å². The van der Waals surface area contributed by atoms with Crippen molar-refractivity contribution in [1.29, 1.82) is 0 Å². The summed E-state index contributed by atoms with van der Waals surface area (Å²) in [6.45, 7) is 3.88. The fourth-order valence-electron chi connectivity index (χ4n) is 2.65. The van der Waals surface area contributed by atoms with Gasteiger partial charge in [0.15, 0.2) is 0 Å². The van der Waals surface area contributed by atoms with E-state index in [9.17, 15) is 14.7 Å². The van der Waals surface area contributed by atoms with E-state index >= 15 is 0 Å². The van der Waals surface area contributed by atoms with Crippen molar-refractivity contribution in [3.63, 3.8) is 0 Å². The van der Waals surface area contributed by atoms with Gasteiger partial charge in [-0.2, -0.15) is 0 Å². The molecule has 0 saturated heterocycles. The largest absolute Gasteiger partial charge is 0.497 e. The maximum atomic E-state index is 12.4. The molecule has 1 aliphatic heterocycles. The van der Waals surface area contributed by atoms with E-state index in [2.05, 4.69) is 5.32 Å². The molecule has 1 aromatic carbocycles. The van der Waals surface area contributed by atoms with Gasteiger partial charge in [0, 0.05) is 12.1 Å². The highest BCUT2D eigenvalue weighted by Crippen LogP contribution is 2.30. The second-order valence-electron chi connectivity index (χ2n) is 5.84. The van der Waals surface area contributed by atoms with E-state index in [0.29, 0.717) is 29.9 Å². The fraction of sp³-hybridized carbons (Fsp3) is 0.444. The third-order valence-corrected chi connectivity index (χ3v) is 4.62. The van der Waals surface area contributed by atoms with E-state index in [4.69, 9.17) is 9.47 Å². The van der Waals surface area contributed by atoms with Gasteiger partial charge in [-0.25, -0.2) is 0 Å². The van der Waals surface area contributed by atoms with Gasteiger partial charge in [-0.3, -0.25) is 9.59 Å². The van der Waals surface area contributed by atoms with Crippen molar-refractivity contribution in [3.05, 3.63) is 29.3 Å². The second kappa shape index (κ2) is 7.38. The first-order valence-electron chi connectivity index (χ1n) is 7.98. The van der Waals surface area contributed by atoms with Crippen LogP contribution in [-0.4, -0.2) is 37.2 Å². The van der Waals surface area contributed by atoms with Crippen LogP contribution >= 0.6 is 0 Å². The van der Waals surface area contributed by atoms with E-state index < -0.39 is 11.4 Å². The summed E-state index contributed by atoms with van der Waals surface area (Å²) in [5.41, 5.74) is 0.288. The van der Waals surface area contributed by atoms with E-state index in [1.54, 1.807) is 31.4 Å². The molecule has 6 nitrogen and oxygen atoms in total. The Kier molecular flexibility index (Phi) is 5.49. The number of amides is 1. The number of rotatable bonds is 7. The minimum atomic E-state index is -0.938. The van der Waals surface area contributed by atoms with Crippen LogP contribution in [0, 0.1) is 5.41 Å². The lowest BCUT2D eigenvalue weighted by Gasteiger charge is -2.27. The number of carboxylic acid groups (broad SMARTS) is 1. The predicted octanol–water partition coefficient (Wildman–Crippen LogP) is 2.48. The molecule has 0 aliphatic carbocycles. The van der Waals surface area contributed by atoms with Crippen LogP contribution in [0.1, 0.15) is 32.3 Å². The van der Waals surface area contributed by atoms with Gasteiger partial charge in [-0.15, -0.1) is 0 Å². The van der Waals surface area contributed by atoms with Gasteiger partial charge in [0.1, 0.15) is 18.1 Å². The number of nitrogens with one attached hydrogen (secondary N) is 1. The summed E-state index contributed by atoms with van der Waals surface area (Å²) in [6, 6.07) is 5.38. The van der Waals surface area contributed by atoms with Crippen LogP contribution in [0.25, 0.3) is 6.08 Å². The maximum Gasteiger partial charge on any atom is 0.311 e. The molecule has 1 heterocycles. The van der Waals surface area contributed by atoms with Crippen molar-refractivity contribution < 1.29 is 24.2 Å². The molecule has 130 valence electrons. The highest BCUT2D eigenvalue weighted by atomic mass is 16.5. The van der Waals surface area contributed by atoms with Gasteiger partial charge in [0.2, 0.25) is 0 Å². The normalized spacial score (nSPS) is 13.4. The van der Waals surface area contributed by atoms with E-state index in [1.165, 1.54) is 0 Å². The minimum Gasteiger partial charge on any atom is -0.497 e. The second-order valence-corrected chi connectivity index (χ2v) is 5.84. The first-order chi connectivity index (χ1) is 11.5. The van der Waals surface area contributed by atoms with E-state index in [-0.39, 0.29) is 19.1 Å². The number of carbonyl (C=O) groups is 2. The molecular weight excluding hydrogens is 310 g/mol. The Morgan fingerprint density at radius 2 is 2.04 bits per heavy atom. The summed E-state index contributed by atoms with van der Waals surface area (Å²) < 4.78 is 10.8. The number of fused-ring (bicyclic) bond motifs is 1. The summed E-state index contributed by atoms with van der Waals surface area (Å²) in [7, 11) is 1.57. The van der Waals surface area contributed by atoms with Gasteiger partial charge in [-0.1, -0.05) is 13.8 Å². The zero-order valence-electron chi connectivity index (χ0n) is 14.2. The van der Waals surface area contributed by atoms with Crippen molar-refractivity contribution in [3.8, 4) is 11.5 Å².